The van der Waals surface area contributed by atoms with E-state index >= 15 is 0 Å². The molecule has 9 heteroatoms. The highest BCUT2D eigenvalue weighted by molar-refractivity contribution is 6.30. The van der Waals surface area contributed by atoms with Gasteiger partial charge >= 0.3 is 0 Å². The lowest BCUT2D eigenvalue weighted by molar-refractivity contribution is -0.136. The fraction of sp³-hybridized carbons (Fsp3) is 0.360. The third-order valence-electron chi connectivity index (χ3n) is 6.99. The summed E-state index contributed by atoms with van der Waals surface area (Å²) in [6.07, 6.45) is 3.27. The van der Waals surface area contributed by atoms with E-state index in [1.807, 2.05) is 0 Å². The summed E-state index contributed by atoms with van der Waals surface area (Å²) >= 11 is 5.90. The molecule has 1 aliphatic carbocycles. The highest BCUT2D eigenvalue weighted by atomic mass is 35.5. The maximum atomic E-state index is 14.6. The quantitative estimate of drug-likeness (QED) is 0.636. The summed E-state index contributed by atoms with van der Waals surface area (Å²) < 4.78 is 14.6. The number of rotatable bonds is 5. The topological polar surface area (TPSA) is 95.6 Å². The first-order valence-electron chi connectivity index (χ1n) is 11.3. The Morgan fingerprint density at radius 1 is 1.12 bits per heavy atom. The molecule has 5 rings (SSSR count). The van der Waals surface area contributed by atoms with Crippen molar-refractivity contribution in [1.29, 1.82) is 0 Å². The van der Waals surface area contributed by atoms with E-state index in [1.54, 1.807) is 30.3 Å². The highest BCUT2D eigenvalue weighted by Crippen LogP contribution is 2.39. The van der Waals surface area contributed by atoms with Crippen molar-refractivity contribution in [3.05, 3.63) is 69.5 Å². The highest BCUT2D eigenvalue weighted by Gasteiger charge is 2.39. The number of halogens is 2. The maximum absolute atomic E-state index is 14.6. The van der Waals surface area contributed by atoms with Crippen molar-refractivity contribution < 1.29 is 23.6 Å². The summed E-state index contributed by atoms with van der Waals surface area (Å²) in [5.41, 5.74) is 1.83. The molecule has 176 valence electrons. The Morgan fingerprint density at radius 2 is 1.91 bits per heavy atom. The largest absolute Gasteiger partial charge is 0.345 e. The third kappa shape index (κ3) is 4.07. The number of carbonyl (C=O) groups excluding carboxylic acids is 4. The molecule has 1 saturated heterocycles. The van der Waals surface area contributed by atoms with Crippen LogP contribution in [0.5, 0.6) is 0 Å². The van der Waals surface area contributed by atoms with Crippen LogP contribution in [0.4, 0.5) is 4.39 Å². The minimum absolute atomic E-state index is 0.138. The summed E-state index contributed by atoms with van der Waals surface area (Å²) in [6, 6.07) is 8.07. The van der Waals surface area contributed by atoms with E-state index in [-0.39, 0.29) is 43.0 Å². The predicted molar refractivity (Wildman–Crippen MR) is 121 cm³/mol. The number of nitrogens with zero attached hydrogens (tertiary/aromatic N) is 1. The monoisotopic (exact) mass is 483 g/mol. The summed E-state index contributed by atoms with van der Waals surface area (Å²) in [5, 5.41) is 5.55. The number of carbonyl (C=O) groups is 4. The van der Waals surface area contributed by atoms with Gasteiger partial charge in [-0.15, -0.1) is 0 Å². The molecule has 2 N–H and O–H groups in total. The van der Waals surface area contributed by atoms with Gasteiger partial charge in [0, 0.05) is 34.7 Å². The van der Waals surface area contributed by atoms with Crippen molar-refractivity contribution in [2.75, 3.05) is 0 Å². The molecule has 2 aromatic rings. The zero-order valence-corrected chi connectivity index (χ0v) is 19.0. The molecule has 7 nitrogen and oxygen atoms in total. The first kappa shape index (κ1) is 22.5. The van der Waals surface area contributed by atoms with Crippen LogP contribution in [-0.2, 0) is 16.1 Å². The molecule has 0 unspecified atom stereocenters. The van der Waals surface area contributed by atoms with Crippen LogP contribution in [0.25, 0.3) is 0 Å². The average molecular weight is 484 g/mol. The molecule has 2 heterocycles. The van der Waals surface area contributed by atoms with E-state index in [4.69, 9.17) is 11.6 Å². The van der Waals surface area contributed by atoms with Crippen molar-refractivity contribution in [2.45, 2.75) is 50.7 Å². The van der Waals surface area contributed by atoms with Crippen molar-refractivity contribution in [3.63, 3.8) is 0 Å². The van der Waals surface area contributed by atoms with Crippen LogP contribution in [-0.4, -0.2) is 34.6 Å². The van der Waals surface area contributed by atoms with Crippen LogP contribution in [0.2, 0.25) is 5.02 Å². The predicted octanol–water partition coefficient (Wildman–Crippen LogP) is 3.51. The fourth-order valence-electron chi connectivity index (χ4n) is 4.92. The first-order valence-corrected chi connectivity index (χ1v) is 11.7. The second-order valence-corrected chi connectivity index (χ2v) is 9.52. The van der Waals surface area contributed by atoms with E-state index in [0.29, 0.717) is 27.3 Å². The number of benzene rings is 2. The Bertz CT molecular complexity index is 1210. The molecule has 0 spiro atoms. The Morgan fingerprint density at radius 3 is 2.59 bits per heavy atom. The molecule has 1 saturated carbocycles. The molecule has 2 aromatic carbocycles. The van der Waals surface area contributed by atoms with Gasteiger partial charge in [-0.25, -0.2) is 4.39 Å². The minimum atomic E-state index is -0.717. The summed E-state index contributed by atoms with van der Waals surface area (Å²) in [7, 11) is 0. The number of nitrogens with one attached hydrogen (secondary N) is 2. The lowest BCUT2D eigenvalue weighted by Gasteiger charge is -2.35. The zero-order valence-electron chi connectivity index (χ0n) is 18.3. The molecule has 4 amide bonds. The molecule has 0 aromatic heterocycles. The Balaban J connectivity index is 1.35. The number of hydrogen-bond donors (Lipinski definition) is 2. The van der Waals surface area contributed by atoms with E-state index < -0.39 is 23.8 Å². The molecule has 34 heavy (non-hydrogen) atoms. The summed E-state index contributed by atoms with van der Waals surface area (Å²) in [6.45, 7) is 0.180. The molecule has 0 bridgehead atoms. The van der Waals surface area contributed by atoms with Crippen molar-refractivity contribution >= 4 is 35.2 Å². The minimum Gasteiger partial charge on any atom is -0.345 e. The number of piperidine rings is 1. The SMILES string of the molecule is O=C1CC[C@H](N2Cc3cc(C(=O)N[C@H](c4ccc(Cl)cc4F)C4CCC4)ccc3C2=O)C(=O)N1. The van der Waals surface area contributed by atoms with Gasteiger partial charge in [0.1, 0.15) is 11.9 Å². The van der Waals surface area contributed by atoms with Gasteiger partial charge in [-0.2, -0.15) is 0 Å². The maximum Gasteiger partial charge on any atom is 0.255 e. The van der Waals surface area contributed by atoms with E-state index in [2.05, 4.69) is 10.6 Å². The molecule has 2 aliphatic heterocycles. The van der Waals surface area contributed by atoms with Gasteiger partial charge in [0.15, 0.2) is 0 Å². The lowest BCUT2D eigenvalue weighted by atomic mass is 9.77. The molecule has 0 radical (unpaired) electrons. The number of amides is 4. The van der Waals surface area contributed by atoms with E-state index in [1.165, 1.54) is 11.0 Å². The van der Waals surface area contributed by atoms with Gasteiger partial charge < -0.3 is 10.2 Å². The lowest BCUT2D eigenvalue weighted by Crippen LogP contribution is -2.52. The van der Waals surface area contributed by atoms with Crippen molar-refractivity contribution in [2.24, 2.45) is 5.92 Å². The average Bonchev–Trinajstić information content (AvgIpc) is 3.08. The molecular weight excluding hydrogens is 461 g/mol. The molecular formula is C25H23ClFN3O4. The molecule has 3 aliphatic rings. The summed E-state index contributed by atoms with van der Waals surface area (Å²) in [4.78, 5) is 51.1. The van der Waals surface area contributed by atoms with Gasteiger partial charge in [-0.1, -0.05) is 24.1 Å². The van der Waals surface area contributed by atoms with Crippen LogP contribution in [0.3, 0.4) is 0 Å². The van der Waals surface area contributed by atoms with Gasteiger partial charge in [0.25, 0.3) is 11.8 Å². The summed E-state index contributed by atoms with van der Waals surface area (Å²) in [5.74, 6) is -1.80. The second-order valence-electron chi connectivity index (χ2n) is 9.08. The smallest absolute Gasteiger partial charge is 0.255 e. The molecule has 2 fully saturated rings. The van der Waals surface area contributed by atoms with E-state index in [0.717, 1.165) is 19.3 Å². The second kappa shape index (κ2) is 8.83. The number of fused-ring (bicyclic) bond motifs is 1. The Hall–Kier alpha value is -3.26. The van der Waals surface area contributed by atoms with Gasteiger partial charge in [-0.3, -0.25) is 24.5 Å². The van der Waals surface area contributed by atoms with Crippen LogP contribution in [0.15, 0.2) is 36.4 Å². The number of imide groups is 1. The third-order valence-corrected chi connectivity index (χ3v) is 7.23. The van der Waals surface area contributed by atoms with Crippen LogP contribution < -0.4 is 10.6 Å². The fourth-order valence-corrected chi connectivity index (χ4v) is 5.08. The first-order chi connectivity index (χ1) is 16.3. The standard InChI is InChI=1S/C25H23ClFN3O4/c26-16-5-7-18(19(27)11-16)22(13-2-1-3-13)29-23(32)14-4-6-17-15(10-14)12-30(25(17)34)20-8-9-21(31)28-24(20)33/h4-7,10-11,13,20,22H,1-3,8-9,12H2,(H,29,32)(H,28,31,33)/t20-,22-/m0/s1. The molecule has 2 atom stereocenters. The van der Waals surface area contributed by atoms with Crippen molar-refractivity contribution in [3.8, 4) is 0 Å². The number of hydrogen-bond acceptors (Lipinski definition) is 4. The van der Waals surface area contributed by atoms with Crippen LogP contribution in [0, 0.1) is 11.7 Å². The van der Waals surface area contributed by atoms with Gasteiger partial charge in [0.05, 0.1) is 6.04 Å². The van der Waals surface area contributed by atoms with Crippen molar-refractivity contribution in [1.82, 2.24) is 15.5 Å². The Labute approximate surface area is 200 Å². The van der Waals surface area contributed by atoms with Crippen LogP contribution >= 0.6 is 11.6 Å². The Kier molecular flexibility index (Phi) is 5.85. The van der Waals surface area contributed by atoms with Gasteiger partial charge in [-0.05, 0) is 61.1 Å². The van der Waals surface area contributed by atoms with Crippen LogP contribution in [0.1, 0.15) is 70.0 Å². The van der Waals surface area contributed by atoms with Gasteiger partial charge in [0.2, 0.25) is 11.8 Å². The zero-order chi connectivity index (χ0) is 24.0. The normalized spacial score (nSPS) is 21.1. The van der Waals surface area contributed by atoms with E-state index in [9.17, 15) is 23.6 Å².